The minimum atomic E-state index is -4.42. The Balaban J connectivity index is 2.01. The lowest BCUT2D eigenvalue weighted by molar-refractivity contribution is -0.137. The number of nitrogens with zero attached hydrogens (tertiary/aromatic N) is 1. The number of para-hydroxylation sites is 1. The Labute approximate surface area is 151 Å². The average Bonchev–Trinajstić information content (AvgIpc) is 3.05. The van der Waals surface area contributed by atoms with E-state index in [0.29, 0.717) is 6.54 Å². The fraction of sp³-hybridized carbons (Fsp3) is 0.632. The van der Waals surface area contributed by atoms with Crippen molar-refractivity contribution in [2.24, 2.45) is 17.3 Å². The molecule has 2 fully saturated rings. The number of anilines is 1. The number of nitrogens with one attached hydrogen (secondary N) is 1. The third-order valence-corrected chi connectivity index (χ3v) is 5.74. The maximum Gasteiger partial charge on any atom is 0.418 e. The zero-order chi connectivity index (χ0) is 19.3. The molecule has 1 aliphatic carbocycles. The predicted octanol–water partition coefficient (Wildman–Crippen LogP) is 4.60. The van der Waals surface area contributed by atoms with Gasteiger partial charge >= 0.3 is 12.3 Å². The van der Waals surface area contributed by atoms with E-state index in [-0.39, 0.29) is 35.0 Å². The molecule has 1 aromatic rings. The molecule has 0 bridgehead atoms. The Bertz CT molecular complexity index is 684. The second-order valence-electron chi connectivity index (χ2n) is 8.44. The highest BCUT2D eigenvalue weighted by Gasteiger charge is 2.53. The van der Waals surface area contributed by atoms with Crippen LogP contribution in [-0.2, 0) is 6.18 Å². The Hall–Kier alpha value is -1.92. The van der Waals surface area contributed by atoms with Crippen LogP contribution < -0.4 is 10.2 Å². The molecule has 2 N–H and O–H groups in total. The van der Waals surface area contributed by atoms with Crippen LogP contribution in [0.3, 0.4) is 0 Å². The Morgan fingerprint density at radius 1 is 1.15 bits per heavy atom. The van der Waals surface area contributed by atoms with Crippen LogP contribution in [0.25, 0.3) is 0 Å². The molecule has 2 aliphatic rings. The minimum Gasteiger partial charge on any atom is -0.465 e. The molecule has 1 aliphatic heterocycles. The van der Waals surface area contributed by atoms with Crippen molar-refractivity contribution < 1.29 is 23.1 Å². The van der Waals surface area contributed by atoms with Gasteiger partial charge in [0.2, 0.25) is 0 Å². The van der Waals surface area contributed by atoms with Crippen molar-refractivity contribution >= 4 is 11.8 Å². The summed E-state index contributed by atoms with van der Waals surface area (Å²) in [5.74, 6) is 0.199. The fourth-order valence-electron chi connectivity index (χ4n) is 4.98. The molecule has 4 atom stereocenters. The van der Waals surface area contributed by atoms with E-state index >= 15 is 0 Å². The van der Waals surface area contributed by atoms with Gasteiger partial charge in [0.05, 0.1) is 5.56 Å². The second-order valence-corrected chi connectivity index (χ2v) is 8.44. The molecular formula is C19H25F3N2O2. The van der Waals surface area contributed by atoms with Crippen LogP contribution in [0.5, 0.6) is 0 Å². The Kier molecular flexibility index (Phi) is 4.61. The molecule has 0 aromatic heterocycles. The van der Waals surface area contributed by atoms with E-state index in [9.17, 15) is 18.0 Å². The first-order chi connectivity index (χ1) is 12.0. The van der Waals surface area contributed by atoms with E-state index in [4.69, 9.17) is 5.11 Å². The maximum absolute atomic E-state index is 13.5. The van der Waals surface area contributed by atoms with Crippen molar-refractivity contribution in [2.75, 3.05) is 11.4 Å². The molecular weight excluding hydrogens is 345 g/mol. The first-order valence-electron chi connectivity index (χ1n) is 8.92. The molecule has 3 rings (SSSR count). The highest BCUT2D eigenvalue weighted by atomic mass is 19.4. The predicted molar refractivity (Wildman–Crippen MR) is 93.2 cm³/mol. The number of halogens is 3. The number of hydrogen-bond acceptors (Lipinski definition) is 2. The maximum atomic E-state index is 13.5. The molecule has 144 valence electrons. The highest BCUT2D eigenvalue weighted by Crippen LogP contribution is 2.51. The molecule has 1 amide bonds. The third kappa shape index (κ3) is 3.35. The molecule has 1 unspecified atom stereocenters. The van der Waals surface area contributed by atoms with Crippen molar-refractivity contribution in [3.05, 3.63) is 29.8 Å². The standard InChI is InChI=1S/C19H25F3N2O2/c1-18(2,3)16-11-8-9-14(23-17(25)26)12(11)10-24(16)15-7-5-4-6-13(15)19(20,21)22/h4-7,11-12,14,16,23H,8-10H2,1-3H3,(H,25,26)/t11-,12-,14-,16?/m0/s1. The Morgan fingerprint density at radius 3 is 2.38 bits per heavy atom. The summed E-state index contributed by atoms with van der Waals surface area (Å²) < 4.78 is 40.6. The van der Waals surface area contributed by atoms with Gasteiger partial charge in [0.25, 0.3) is 0 Å². The van der Waals surface area contributed by atoms with Gasteiger partial charge in [-0.15, -0.1) is 0 Å². The molecule has 0 radical (unpaired) electrons. The number of alkyl halides is 3. The van der Waals surface area contributed by atoms with E-state index in [0.717, 1.165) is 18.9 Å². The van der Waals surface area contributed by atoms with Gasteiger partial charge in [-0.05, 0) is 36.3 Å². The van der Waals surface area contributed by atoms with E-state index in [1.807, 2.05) is 25.7 Å². The summed E-state index contributed by atoms with van der Waals surface area (Å²) in [6.45, 7) is 6.56. The average molecular weight is 370 g/mol. The molecule has 1 saturated carbocycles. The van der Waals surface area contributed by atoms with Gasteiger partial charge in [0.1, 0.15) is 0 Å². The van der Waals surface area contributed by atoms with Crippen molar-refractivity contribution in [2.45, 2.75) is 51.9 Å². The zero-order valence-corrected chi connectivity index (χ0v) is 15.2. The lowest BCUT2D eigenvalue weighted by Gasteiger charge is -2.40. The number of carbonyl (C=O) groups is 1. The largest absolute Gasteiger partial charge is 0.465 e. The number of benzene rings is 1. The first kappa shape index (κ1) is 18.9. The number of hydrogen-bond donors (Lipinski definition) is 2. The van der Waals surface area contributed by atoms with Gasteiger partial charge in [-0.3, -0.25) is 0 Å². The SMILES string of the molecule is CC(C)(C)C1[C@H]2CC[C@H](NC(=O)O)[C@H]2CN1c1ccccc1C(F)(F)F. The van der Waals surface area contributed by atoms with E-state index in [1.165, 1.54) is 12.1 Å². The summed E-state index contributed by atoms with van der Waals surface area (Å²) in [4.78, 5) is 13.0. The van der Waals surface area contributed by atoms with Gasteiger partial charge in [-0.2, -0.15) is 13.2 Å². The van der Waals surface area contributed by atoms with Crippen molar-refractivity contribution in [1.82, 2.24) is 5.32 Å². The minimum absolute atomic E-state index is 0.0246. The fourth-order valence-corrected chi connectivity index (χ4v) is 4.98. The summed E-state index contributed by atoms with van der Waals surface area (Å²) >= 11 is 0. The summed E-state index contributed by atoms with van der Waals surface area (Å²) in [6, 6.07) is 5.41. The number of rotatable bonds is 2. The van der Waals surface area contributed by atoms with Gasteiger partial charge in [-0.25, -0.2) is 4.79 Å². The highest BCUT2D eigenvalue weighted by molar-refractivity contribution is 5.65. The summed E-state index contributed by atoms with van der Waals surface area (Å²) in [7, 11) is 0. The van der Waals surface area contributed by atoms with Gasteiger partial charge < -0.3 is 15.3 Å². The van der Waals surface area contributed by atoms with Gasteiger partial charge in [0, 0.05) is 30.2 Å². The van der Waals surface area contributed by atoms with Gasteiger partial charge in [-0.1, -0.05) is 32.9 Å². The molecule has 7 heteroatoms. The molecule has 26 heavy (non-hydrogen) atoms. The van der Waals surface area contributed by atoms with Crippen LogP contribution in [0.2, 0.25) is 0 Å². The van der Waals surface area contributed by atoms with E-state index < -0.39 is 17.8 Å². The Morgan fingerprint density at radius 2 is 1.81 bits per heavy atom. The van der Waals surface area contributed by atoms with Crippen LogP contribution in [0.15, 0.2) is 24.3 Å². The van der Waals surface area contributed by atoms with Crippen LogP contribution in [-0.4, -0.2) is 29.8 Å². The van der Waals surface area contributed by atoms with Crippen LogP contribution in [0.1, 0.15) is 39.2 Å². The zero-order valence-electron chi connectivity index (χ0n) is 15.2. The van der Waals surface area contributed by atoms with E-state index in [1.54, 1.807) is 6.07 Å². The smallest absolute Gasteiger partial charge is 0.418 e. The van der Waals surface area contributed by atoms with Crippen LogP contribution >= 0.6 is 0 Å². The van der Waals surface area contributed by atoms with Crippen LogP contribution in [0, 0.1) is 17.3 Å². The third-order valence-electron chi connectivity index (χ3n) is 5.74. The molecule has 4 nitrogen and oxygen atoms in total. The quantitative estimate of drug-likeness (QED) is 0.800. The topological polar surface area (TPSA) is 52.6 Å². The molecule has 1 saturated heterocycles. The number of amides is 1. The number of carboxylic acid groups (broad SMARTS) is 1. The normalized spacial score (nSPS) is 28.9. The van der Waals surface area contributed by atoms with Crippen molar-refractivity contribution in [1.29, 1.82) is 0 Å². The monoisotopic (exact) mass is 370 g/mol. The van der Waals surface area contributed by atoms with E-state index in [2.05, 4.69) is 5.32 Å². The van der Waals surface area contributed by atoms with Gasteiger partial charge in [0.15, 0.2) is 0 Å². The molecule has 1 heterocycles. The summed E-state index contributed by atoms with van der Waals surface area (Å²) in [6.07, 6.45) is -3.93. The number of fused-ring (bicyclic) bond motifs is 1. The lowest BCUT2D eigenvalue weighted by Crippen LogP contribution is -2.43. The summed E-state index contributed by atoms with van der Waals surface area (Å²) in [5.41, 5.74) is -0.656. The summed E-state index contributed by atoms with van der Waals surface area (Å²) in [5, 5.41) is 11.6. The molecule has 0 spiro atoms. The lowest BCUT2D eigenvalue weighted by atomic mass is 9.77. The van der Waals surface area contributed by atoms with Crippen molar-refractivity contribution in [3.8, 4) is 0 Å². The van der Waals surface area contributed by atoms with Crippen LogP contribution in [0.4, 0.5) is 23.7 Å². The molecule has 1 aromatic carbocycles. The van der Waals surface area contributed by atoms with Crippen molar-refractivity contribution in [3.63, 3.8) is 0 Å². The second kappa shape index (κ2) is 6.35. The first-order valence-corrected chi connectivity index (χ1v) is 8.92.